The second kappa shape index (κ2) is 7.62. The molecule has 0 spiro atoms. The molecule has 6 heteroatoms. The van der Waals surface area contributed by atoms with Crippen LogP contribution in [0.1, 0.15) is 5.56 Å². The van der Waals surface area contributed by atoms with Crippen molar-refractivity contribution in [3.8, 4) is 0 Å². The third kappa shape index (κ3) is 4.94. The fourth-order valence-corrected chi connectivity index (χ4v) is 1.50. The zero-order valence-corrected chi connectivity index (χ0v) is 10.9. The molecule has 1 atom stereocenters. The second-order valence-corrected chi connectivity index (χ2v) is 4.05. The summed E-state index contributed by atoms with van der Waals surface area (Å²) in [5, 5.41) is 11.3. The first-order valence-corrected chi connectivity index (χ1v) is 5.31. The molecule has 4 N–H and O–H groups in total. The molecule has 1 aromatic carbocycles. The summed E-state index contributed by atoms with van der Waals surface area (Å²) in [5.41, 5.74) is 6.31. The van der Waals surface area contributed by atoms with Gasteiger partial charge in [0, 0.05) is 11.0 Å². The van der Waals surface area contributed by atoms with Crippen molar-refractivity contribution in [1.82, 2.24) is 5.32 Å². The third-order valence-electron chi connectivity index (χ3n) is 1.89. The zero-order chi connectivity index (χ0) is 11.3. The SMILES string of the molecule is Cl.N[C@H](CO)C(=O)NCc1cccc(Br)c1. The van der Waals surface area contributed by atoms with Crippen LogP contribution in [0.3, 0.4) is 0 Å². The third-order valence-corrected chi connectivity index (χ3v) is 2.38. The minimum absolute atomic E-state index is 0. The molecule has 0 bridgehead atoms. The summed E-state index contributed by atoms with van der Waals surface area (Å²) in [6.45, 7) is 0.0658. The summed E-state index contributed by atoms with van der Waals surface area (Å²) < 4.78 is 0.959. The predicted octanol–water partition coefficient (Wildman–Crippen LogP) is 0.807. The highest BCUT2D eigenvalue weighted by atomic mass is 79.9. The Morgan fingerprint density at radius 1 is 1.56 bits per heavy atom. The average molecular weight is 310 g/mol. The van der Waals surface area contributed by atoms with Gasteiger partial charge < -0.3 is 16.2 Å². The first-order chi connectivity index (χ1) is 7.13. The second-order valence-electron chi connectivity index (χ2n) is 3.14. The van der Waals surface area contributed by atoms with Gasteiger partial charge in [-0.3, -0.25) is 4.79 Å². The molecule has 1 amide bonds. The largest absolute Gasteiger partial charge is 0.394 e. The molecule has 0 fully saturated rings. The minimum Gasteiger partial charge on any atom is -0.394 e. The fourth-order valence-electron chi connectivity index (χ4n) is 1.05. The zero-order valence-electron chi connectivity index (χ0n) is 8.52. The van der Waals surface area contributed by atoms with Crippen LogP contribution in [-0.2, 0) is 11.3 Å². The quantitative estimate of drug-likeness (QED) is 0.770. The van der Waals surface area contributed by atoms with Crippen LogP contribution < -0.4 is 11.1 Å². The van der Waals surface area contributed by atoms with Crippen LogP contribution in [0.25, 0.3) is 0 Å². The van der Waals surface area contributed by atoms with Gasteiger partial charge in [-0.15, -0.1) is 12.4 Å². The van der Waals surface area contributed by atoms with Crippen molar-refractivity contribution in [3.63, 3.8) is 0 Å². The molecule has 0 aliphatic carbocycles. The van der Waals surface area contributed by atoms with Gasteiger partial charge in [0.15, 0.2) is 0 Å². The van der Waals surface area contributed by atoms with Crippen LogP contribution in [-0.4, -0.2) is 23.7 Å². The molecule has 0 heterocycles. The first-order valence-electron chi connectivity index (χ1n) is 4.52. The summed E-state index contributed by atoms with van der Waals surface area (Å²) >= 11 is 3.33. The molecule has 4 nitrogen and oxygen atoms in total. The number of aliphatic hydroxyl groups is 1. The van der Waals surface area contributed by atoms with E-state index >= 15 is 0 Å². The molecule has 0 aliphatic heterocycles. The lowest BCUT2D eigenvalue weighted by Crippen LogP contribution is -2.42. The average Bonchev–Trinajstić information content (AvgIpc) is 2.25. The minimum atomic E-state index is -0.850. The number of carbonyl (C=O) groups is 1. The molecular formula is C10H14BrClN2O2. The highest BCUT2D eigenvalue weighted by molar-refractivity contribution is 9.10. The number of rotatable bonds is 4. The van der Waals surface area contributed by atoms with Crippen LogP contribution in [0.2, 0.25) is 0 Å². The molecular weight excluding hydrogens is 295 g/mol. The Hall–Kier alpha value is -0.620. The van der Waals surface area contributed by atoms with Crippen LogP contribution in [0.15, 0.2) is 28.7 Å². The van der Waals surface area contributed by atoms with E-state index < -0.39 is 6.04 Å². The van der Waals surface area contributed by atoms with Crippen molar-refractivity contribution in [2.24, 2.45) is 5.73 Å². The topological polar surface area (TPSA) is 75.3 Å². The van der Waals surface area contributed by atoms with E-state index in [1.807, 2.05) is 24.3 Å². The van der Waals surface area contributed by atoms with Crippen molar-refractivity contribution < 1.29 is 9.90 Å². The van der Waals surface area contributed by atoms with E-state index in [1.165, 1.54) is 0 Å². The molecule has 0 unspecified atom stereocenters. The standard InChI is InChI=1S/C10H13BrN2O2.ClH/c11-8-3-1-2-7(4-8)5-13-10(15)9(12)6-14;/h1-4,9,14H,5-6,12H2,(H,13,15);1H/t9-;/m1./s1. The summed E-state index contributed by atoms with van der Waals surface area (Å²) in [6.07, 6.45) is 0. The van der Waals surface area contributed by atoms with Crippen molar-refractivity contribution in [1.29, 1.82) is 0 Å². The summed E-state index contributed by atoms with van der Waals surface area (Å²) in [7, 11) is 0. The number of hydrogen-bond acceptors (Lipinski definition) is 3. The fraction of sp³-hybridized carbons (Fsp3) is 0.300. The van der Waals surface area contributed by atoms with E-state index in [1.54, 1.807) is 0 Å². The normalized spacial score (nSPS) is 11.4. The molecule has 90 valence electrons. The Morgan fingerprint density at radius 3 is 2.81 bits per heavy atom. The Morgan fingerprint density at radius 2 is 2.25 bits per heavy atom. The Balaban J connectivity index is 0.00000225. The lowest BCUT2D eigenvalue weighted by atomic mass is 10.2. The maximum absolute atomic E-state index is 11.2. The molecule has 16 heavy (non-hydrogen) atoms. The van der Waals surface area contributed by atoms with Crippen LogP contribution in [0, 0.1) is 0 Å². The van der Waals surface area contributed by atoms with Crippen LogP contribution in [0.4, 0.5) is 0 Å². The van der Waals surface area contributed by atoms with Crippen molar-refractivity contribution in [2.75, 3.05) is 6.61 Å². The van der Waals surface area contributed by atoms with Gasteiger partial charge in [-0.25, -0.2) is 0 Å². The van der Waals surface area contributed by atoms with Crippen molar-refractivity contribution >= 4 is 34.2 Å². The summed E-state index contributed by atoms with van der Waals surface area (Å²) in [4.78, 5) is 11.2. The van der Waals surface area contributed by atoms with E-state index in [0.29, 0.717) is 6.54 Å². The van der Waals surface area contributed by atoms with Crippen LogP contribution >= 0.6 is 28.3 Å². The van der Waals surface area contributed by atoms with Gasteiger partial charge in [-0.1, -0.05) is 28.1 Å². The smallest absolute Gasteiger partial charge is 0.239 e. The van der Waals surface area contributed by atoms with Crippen molar-refractivity contribution in [2.45, 2.75) is 12.6 Å². The lowest BCUT2D eigenvalue weighted by molar-refractivity contribution is -0.123. The van der Waals surface area contributed by atoms with E-state index in [-0.39, 0.29) is 24.9 Å². The predicted molar refractivity (Wildman–Crippen MR) is 68.3 cm³/mol. The van der Waals surface area contributed by atoms with E-state index in [9.17, 15) is 4.79 Å². The number of nitrogens with two attached hydrogens (primary N) is 1. The van der Waals surface area contributed by atoms with Crippen LogP contribution in [0.5, 0.6) is 0 Å². The number of aliphatic hydroxyl groups excluding tert-OH is 1. The molecule has 1 aromatic rings. The number of amides is 1. The van der Waals surface area contributed by atoms with E-state index in [4.69, 9.17) is 10.8 Å². The van der Waals surface area contributed by atoms with Gasteiger partial charge in [0.25, 0.3) is 0 Å². The number of nitrogens with one attached hydrogen (secondary N) is 1. The highest BCUT2D eigenvalue weighted by Crippen LogP contribution is 2.11. The monoisotopic (exact) mass is 308 g/mol. The Bertz CT molecular complexity index is 349. The number of halogens is 2. The van der Waals surface area contributed by atoms with Gasteiger partial charge in [-0.05, 0) is 17.7 Å². The molecule has 1 rings (SSSR count). The van der Waals surface area contributed by atoms with Crippen molar-refractivity contribution in [3.05, 3.63) is 34.3 Å². The van der Waals surface area contributed by atoms with E-state index in [0.717, 1.165) is 10.0 Å². The molecule has 0 aromatic heterocycles. The summed E-state index contributed by atoms with van der Waals surface area (Å²) in [6, 6.07) is 6.75. The Labute approximate surface area is 109 Å². The van der Waals surface area contributed by atoms with Gasteiger partial charge in [-0.2, -0.15) is 0 Å². The Kier molecular flexibility index (Phi) is 7.33. The van der Waals surface area contributed by atoms with Gasteiger partial charge in [0.1, 0.15) is 6.04 Å². The molecule has 0 saturated heterocycles. The van der Waals surface area contributed by atoms with Gasteiger partial charge in [0.2, 0.25) is 5.91 Å². The number of benzene rings is 1. The molecule has 0 saturated carbocycles. The first kappa shape index (κ1) is 15.4. The van der Waals surface area contributed by atoms with E-state index in [2.05, 4.69) is 21.2 Å². The van der Waals surface area contributed by atoms with Gasteiger partial charge in [0.05, 0.1) is 6.61 Å². The number of hydrogen-bond donors (Lipinski definition) is 3. The molecule has 0 aliphatic rings. The summed E-state index contributed by atoms with van der Waals surface area (Å²) in [5.74, 6) is -0.350. The lowest BCUT2D eigenvalue weighted by Gasteiger charge is -2.09. The maximum atomic E-state index is 11.2. The highest BCUT2D eigenvalue weighted by Gasteiger charge is 2.10. The maximum Gasteiger partial charge on any atom is 0.239 e. The number of carbonyl (C=O) groups excluding carboxylic acids is 1. The van der Waals surface area contributed by atoms with Gasteiger partial charge >= 0.3 is 0 Å². The molecule has 0 radical (unpaired) electrons.